The SMILES string of the molecule is CCOC(=O)[C@@H]1[C@H](C(=O)N/N=C\c2ccc(N(C)C)cc2)[C@@H]1C(=O)Nc1cccc(C(F)(F)F)c1. The Balaban J connectivity index is 1.68. The molecule has 186 valence electrons. The van der Waals surface area contributed by atoms with Crippen molar-refractivity contribution in [3.8, 4) is 0 Å². The van der Waals surface area contributed by atoms with Crippen molar-refractivity contribution in [3.63, 3.8) is 0 Å². The molecule has 0 saturated heterocycles. The first kappa shape index (κ1) is 25.7. The van der Waals surface area contributed by atoms with Gasteiger partial charge in [-0.05, 0) is 42.8 Å². The van der Waals surface area contributed by atoms with E-state index in [0.29, 0.717) is 5.56 Å². The molecular formula is C24H25F3N4O4. The summed E-state index contributed by atoms with van der Waals surface area (Å²) in [4.78, 5) is 39.6. The first-order valence-electron chi connectivity index (χ1n) is 10.8. The van der Waals surface area contributed by atoms with Crippen LogP contribution in [0.1, 0.15) is 18.1 Å². The molecule has 0 bridgehead atoms. The Bertz CT molecular complexity index is 1120. The van der Waals surface area contributed by atoms with E-state index in [9.17, 15) is 27.6 Å². The van der Waals surface area contributed by atoms with Crippen molar-refractivity contribution in [3.05, 3.63) is 59.7 Å². The molecule has 11 heteroatoms. The van der Waals surface area contributed by atoms with Crippen LogP contribution in [0.5, 0.6) is 0 Å². The number of amides is 2. The Labute approximate surface area is 200 Å². The first-order chi connectivity index (χ1) is 16.5. The molecule has 0 aliphatic heterocycles. The lowest BCUT2D eigenvalue weighted by Gasteiger charge is -2.11. The predicted octanol–water partition coefficient (Wildman–Crippen LogP) is 3.29. The van der Waals surface area contributed by atoms with E-state index in [4.69, 9.17) is 4.74 Å². The maximum Gasteiger partial charge on any atom is 0.416 e. The van der Waals surface area contributed by atoms with Gasteiger partial charge >= 0.3 is 12.1 Å². The quantitative estimate of drug-likeness (QED) is 0.336. The van der Waals surface area contributed by atoms with Crippen molar-refractivity contribution in [2.45, 2.75) is 13.1 Å². The summed E-state index contributed by atoms with van der Waals surface area (Å²) in [6, 6.07) is 11.4. The molecule has 1 aliphatic carbocycles. The Kier molecular flexibility index (Phi) is 7.78. The predicted molar refractivity (Wildman–Crippen MR) is 124 cm³/mol. The summed E-state index contributed by atoms with van der Waals surface area (Å²) < 4.78 is 43.8. The van der Waals surface area contributed by atoms with Crippen LogP contribution in [0.3, 0.4) is 0 Å². The first-order valence-corrected chi connectivity index (χ1v) is 10.8. The molecule has 0 heterocycles. The molecule has 1 fully saturated rings. The number of rotatable bonds is 8. The molecule has 0 aromatic heterocycles. The number of hydrazone groups is 1. The highest BCUT2D eigenvalue weighted by Gasteiger charge is 2.63. The van der Waals surface area contributed by atoms with Gasteiger partial charge < -0.3 is 15.0 Å². The summed E-state index contributed by atoms with van der Waals surface area (Å²) in [7, 11) is 3.80. The Morgan fingerprint density at radius 3 is 2.29 bits per heavy atom. The van der Waals surface area contributed by atoms with Crippen LogP contribution in [-0.2, 0) is 25.3 Å². The third kappa shape index (κ3) is 6.37. The van der Waals surface area contributed by atoms with E-state index in [-0.39, 0.29) is 12.3 Å². The number of carbonyl (C=O) groups excluding carboxylic acids is 3. The third-order valence-electron chi connectivity index (χ3n) is 5.44. The second kappa shape index (κ2) is 10.6. The van der Waals surface area contributed by atoms with Crippen LogP contribution < -0.4 is 15.6 Å². The second-order valence-electron chi connectivity index (χ2n) is 8.12. The van der Waals surface area contributed by atoms with Crippen molar-refractivity contribution in [1.82, 2.24) is 5.43 Å². The fourth-order valence-corrected chi connectivity index (χ4v) is 3.60. The Morgan fingerprint density at radius 2 is 1.69 bits per heavy atom. The lowest BCUT2D eigenvalue weighted by molar-refractivity contribution is -0.146. The highest BCUT2D eigenvalue weighted by atomic mass is 19.4. The molecule has 2 N–H and O–H groups in total. The number of benzene rings is 2. The minimum Gasteiger partial charge on any atom is -0.466 e. The molecule has 1 saturated carbocycles. The molecule has 8 nitrogen and oxygen atoms in total. The minimum absolute atomic E-state index is 0.0483. The summed E-state index contributed by atoms with van der Waals surface area (Å²) in [5, 5.41) is 6.24. The maximum atomic E-state index is 13.0. The smallest absolute Gasteiger partial charge is 0.416 e. The van der Waals surface area contributed by atoms with Crippen LogP contribution in [0.4, 0.5) is 24.5 Å². The Hall–Kier alpha value is -3.89. The van der Waals surface area contributed by atoms with Gasteiger partial charge in [0, 0.05) is 25.5 Å². The molecule has 1 aliphatic rings. The van der Waals surface area contributed by atoms with Crippen molar-refractivity contribution < 1.29 is 32.3 Å². The number of ether oxygens (including phenoxy) is 1. The van der Waals surface area contributed by atoms with Gasteiger partial charge in [-0.2, -0.15) is 18.3 Å². The van der Waals surface area contributed by atoms with E-state index >= 15 is 0 Å². The maximum absolute atomic E-state index is 13.0. The number of esters is 1. The Morgan fingerprint density at radius 1 is 1.03 bits per heavy atom. The van der Waals surface area contributed by atoms with Gasteiger partial charge in [0.1, 0.15) is 0 Å². The zero-order valence-corrected chi connectivity index (χ0v) is 19.3. The number of alkyl halides is 3. The molecule has 0 spiro atoms. The van der Waals surface area contributed by atoms with Crippen molar-refractivity contribution in [2.75, 3.05) is 30.9 Å². The largest absolute Gasteiger partial charge is 0.466 e. The van der Waals surface area contributed by atoms with Gasteiger partial charge in [0.2, 0.25) is 11.8 Å². The molecule has 2 aromatic rings. The van der Waals surface area contributed by atoms with Gasteiger partial charge in [-0.25, -0.2) is 5.43 Å². The molecule has 2 aromatic carbocycles. The number of hydrogen-bond acceptors (Lipinski definition) is 6. The normalized spacial score (nSPS) is 19.2. The molecule has 3 rings (SSSR count). The monoisotopic (exact) mass is 490 g/mol. The van der Waals surface area contributed by atoms with E-state index in [2.05, 4.69) is 15.8 Å². The van der Waals surface area contributed by atoms with Crippen LogP contribution in [0.15, 0.2) is 53.6 Å². The van der Waals surface area contributed by atoms with Gasteiger partial charge in [0.05, 0.1) is 36.1 Å². The number of anilines is 2. The highest BCUT2D eigenvalue weighted by molar-refractivity contribution is 6.05. The van der Waals surface area contributed by atoms with E-state index < -0.39 is 47.3 Å². The average molecular weight is 490 g/mol. The number of hydrogen-bond donors (Lipinski definition) is 2. The fourth-order valence-electron chi connectivity index (χ4n) is 3.60. The molecular weight excluding hydrogens is 465 g/mol. The number of nitrogens with zero attached hydrogens (tertiary/aromatic N) is 2. The van der Waals surface area contributed by atoms with E-state index in [1.807, 2.05) is 31.1 Å². The number of carbonyl (C=O) groups is 3. The fraction of sp³-hybridized carbons (Fsp3) is 0.333. The van der Waals surface area contributed by atoms with Crippen LogP contribution >= 0.6 is 0 Å². The molecule has 35 heavy (non-hydrogen) atoms. The highest BCUT2D eigenvalue weighted by Crippen LogP contribution is 2.48. The topological polar surface area (TPSA) is 100 Å². The lowest BCUT2D eigenvalue weighted by Crippen LogP contribution is -2.24. The van der Waals surface area contributed by atoms with Crippen molar-refractivity contribution in [1.29, 1.82) is 0 Å². The molecule has 2 amide bonds. The third-order valence-corrected chi connectivity index (χ3v) is 5.44. The molecule has 3 atom stereocenters. The van der Waals surface area contributed by atoms with Crippen LogP contribution in [-0.4, -0.2) is 44.7 Å². The van der Waals surface area contributed by atoms with E-state index in [1.165, 1.54) is 12.3 Å². The zero-order chi connectivity index (χ0) is 25.8. The summed E-state index contributed by atoms with van der Waals surface area (Å²) in [6.45, 7) is 1.63. The standard InChI is InChI=1S/C24H25F3N4O4/c1-4-35-23(34)20-18(21(32)29-16-7-5-6-15(12-16)24(25,26)27)19(20)22(33)30-28-13-14-8-10-17(11-9-14)31(2)3/h5-13,18-20H,4H2,1-3H3,(H,29,32)(H,30,33)/b28-13-/t18-,19+,20-/m0/s1. The van der Waals surface area contributed by atoms with Crippen LogP contribution in [0.2, 0.25) is 0 Å². The molecule has 0 unspecified atom stereocenters. The summed E-state index contributed by atoms with van der Waals surface area (Å²) in [5.74, 6) is -5.39. The van der Waals surface area contributed by atoms with E-state index in [1.54, 1.807) is 19.1 Å². The lowest BCUT2D eigenvalue weighted by atomic mass is 10.2. The van der Waals surface area contributed by atoms with Crippen LogP contribution in [0, 0.1) is 17.8 Å². The van der Waals surface area contributed by atoms with Gasteiger partial charge in [-0.1, -0.05) is 18.2 Å². The van der Waals surface area contributed by atoms with Crippen molar-refractivity contribution in [2.24, 2.45) is 22.9 Å². The second-order valence-corrected chi connectivity index (χ2v) is 8.12. The number of nitrogens with one attached hydrogen (secondary N) is 2. The number of halogens is 3. The minimum atomic E-state index is -4.58. The summed E-state index contributed by atoms with van der Waals surface area (Å²) >= 11 is 0. The van der Waals surface area contributed by atoms with Gasteiger partial charge in [0.25, 0.3) is 0 Å². The van der Waals surface area contributed by atoms with Gasteiger partial charge in [-0.15, -0.1) is 0 Å². The van der Waals surface area contributed by atoms with Crippen molar-refractivity contribution >= 4 is 35.4 Å². The van der Waals surface area contributed by atoms with E-state index in [0.717, 1.165) is 23.9 Å². The average Bonchev–Trinajstić information content (AvgIpc) is 3.55. The summed E-state index contributed by atoms with van der Waals surface area (Å²) in [6.07, 6.45) is -3.17. The van der Waals surface area contributed by atoms with Gasteiger partial charge in [0.15, 0.2) is 0 Å². The molecule has 0 radical (unpaired) electrons. The van der Waals surface area contributed by atoms with Gasteiger partial charge in [-0.3, -0.25) is 14.4 Å². The summed E-state index contributed by atoms with van der Waals surface area (Å²) in [5.41, 5.74) is 2.98. The zero-order valence-electron chi connectivity index (χ0n) is 19.3. The van der Waals surface area contributed by atoms with Crippen LogP contribution in [0.25, 0.3) is 0 Å².